The number of nitro benzene ring substituents is 1. The number of benzene rings is 3. The van der Waals surface area contributed by atoms with Crippen molar-refractivity contribution in [1.29, 1.82) is 0 Å². The molecule has 0 bridgehead atoms. The number of nitrogens with one attached hydrogen (secondary N) is 1. The number of rotatable bonds is 7. The van der Waals surface area contributed by atoms with Crippen molar-refractivity contribution in [3.63, 3.8) is 0 Å². The number of para-hydroxylation sites is 1. The van der Waals surface area contributed by atoms with Crippen molar-refractivity contribution in [1.82, 2.24) is 14.8 Å². The molecule has 0 aliphatic heterocycles. The molecule has 0 saturated carbocycles. The standard InChI is InChI=1S/C23H18BrN5O3S/c1-15-13-19(29(31)32)11-12-20(15)25-21(30)14-33-23-27-26-22(16-7-9-17(24)10-8-16)28(23)18-5-3-2-4-6-18/h2-13H,14H2,1H3,(H,25,30). The number of carbonyl (C=O) groups excluding carboxylic acids is 1. The highest BCUT2D eigenvalue weighted by molar-refractivity contribution is 9.10. The summed E-state index contributed by atoms with van der Waals surface area (Å²) in [4.78, 5) is 23.0. The third kappa shape index (κ3) is 5.29. The lowest BCUT2D eigenvalue weighted by molar-refractivity contribution is -0.384. The molecule has 0 aliphatic rings. The van der Waals surface area contributed by atoms with Crippen LogP contribution in [-0.4, -0.2) is 31.3 Å². The Hall–Kier alpha value is -3.50. The fourth-order valence-corrected chi connectivity index (χ4v) is 4.19. The van der Waals surface area contributed by atoms with Gasteiger partial charge in [0, 0.05) is 33.5 Å². The molecular formula is C23H18BrN5O3S. The normalized spacial score (nSPS) is 10.7. The first-order chi connectivity index (χ1) is 15.9. The minimum absolute atomic E-state index is 0.0173. The number of thioether (sulfide) groups is 1. The molecule has 1 N–H and O–H groups in total. The second-order valence-corrected chi connectivity index (χ2v) is 8.94. The number of nitro groups is 1. The van der Waals surface area contributed by atoms with Gasteiger partial charge in [-0.2, -0.15) is 0 Å². The number of anilines is 1. The number of hydrogen-bond donors (Lipinski definition) is 1. The van der Waals surface area contributed by atoms with Gasteiger partial charge in [-0.15, -0.1) is 10.2 Å². The molecule has 0 spiro atoms. The molecule has 0 radical (unpaired) electrons. The Morgan fingerprint density at radius 3 is 2.48 bits per heavy atom. The summed E-state index contributed by atoms with van der Waals surface area (Å²) in [5.74, 6) is 0.523. The molecule has 0 aliphatic carbocycles. The van der Waals surface area contributed by atoms with E-state index in [0.29, 0.717) is 22.2 Å². The van der Waals surface area contributed by atoms with E-state index in [1.807, 2.05) is 59.2 Å². The van der Waals surface area contributed by atoms with Crippen LogP contribution < -0.4 is 5.32 Å². The molecule has 10 heteroatoms. The summed E-state index contributed by atoms with van der Waals surface area (Å²) < 4.78 is 2.88. The number of amides is 1. The molecule has 1 aromatic heterocycles. The lowest BCUT2D eigenvalue weighted by atomic mass is 10.2. The number of carbonyl (C=O) groups is 1. The van der Waals surface area contributed by atoms with Gasteiger partial charge in [0.25, 0.3) is 5.69 Å². The smallest absolute Gasteiger partial charge is 0.269 e. The Kier molecular flexibility index (Phi) is 6.85. The Morgan fingerprint density at radius 1 is 1.09 bits per heavy atom. The second kappa shape index (κ2) is 9.97. The first-order valence-corrected chi connectivity index (χ1v) is 11.6. The quantitative estimate of drug-likeness (QED) is 0.191. The van der Waals surface area contributed by atoms with E-state index in [-0.39, 0.29) is 17.3 Å². The predicted octanol–water partition coefficient (Wildman–Crippen LogP) is 5.64. The summed E-state index contributed by atoms with van der Waals surface area (Å²) in [6.07, 6.45) is 0. The minimum Gasteiger partial charge on any atom is -0.325 e. The maximum Gasteiger partial charge on any atom is 0.269 e. The largest absolute Gasteiger partial charge is 0.325 e. The SMILES string of the molecule is Cc1cc([N+](=O)[O-])ccc1NC(=O)CSc1nnc(-c2ccc(Br)cc2)n1-c1ccccc1. The van der Waals surface area contributed by atoms with Crippen LogP contribution in [-0.2, 0) is 4.79 Å². The molecule has 4 aromatic rings. The molecule has 0 atom stereocenters. The van der Waals surface area contributed by atoms with Gasteiger partial charge in [-0.1, -0.05) is 58.0 Å². The number of aromatic nitrogens is 3. The first-order valence-electron chi connectivity index (χ1n) is 9.87. The number of halogens is 1. The summed E-state index contributed by atoms with van der Waals surface area (Å²) in [6, 6.07) is 21.8. The number of nitrogens with zero attached hydrogens (tertiary/aromatic N) is 4. The van der Waals surface area contributed by atoms with Crippen LogP contribution in [0.1, 0.15) is 5.56 Å². The van der Waals surface area contributed by atoms with E-state index in [4.69, 9.17) is 0 Å². The zero-order chi connectivity index (χ0) is 23.4. The summed E-state index contributed by atoms with van der Waals surface area (Å²) >= 11 is 4.71. The molecule has 3 aromatic carbocycles. The number of non-ortho nitro benzene ring substituents is 1. The van der Waals surface area contributed by atoms with Crippen molar-refractivity contribution in [2.24, 2.45) is 0 Å². The van der Waals surface area contributed by atoms with Crippen molar-refractivity contribution in [3.8, 4) is 17.1 Å². The zero-order valence-corrected chi connectivity index (χ0v) is 19.8. The second-order valence-electron chi connectivity index (χ2n) is 7.08. The number of hydrogen-bond acceptors (Lipinski definition) is 6. The summed E-state index contributed by atoms with van der Waals surface area (Å²) in [6.45, 7) is 1.71. The van der Waals surface area contributed by atoms with Gasteiger partial charge in [0.05, 0.1) is 10.7 Å². The van der Waals surface area contributed by atoms with E-state index >= 15 is 0 Å². The van der Waals surface area contributed by atoms with Crippen LogP contribution >= 0.6 is 27.7 Å². The van der Waals surface area contributed by atoms with Gasteiger partial charge in [-0.25, -0.2) is 0 Å². The van der Waals surface area contributed by atoms with Crippen LogP contribution in [0.25, 0.3) is 17.1 Å². The fourth-order valence-electron chi connectivity index (χ4n) is 3.18. The van der Waals surface area contributed by atoms with Crippen LogP contribution in [0.2, 0.25) is 0 Å². The van der Waals surface area contributed by atoms with Gasteiger partial charge in [0.1, 0.15) is 0 Å². The van der Waals surface area contributed by atoms with Gasteiger partial charge in [-0.3, -0.25) is 19.5 Å². The van der Waals surface area contributed by atoms with Crippen LogP contribution in [0.3, 0.4) is 0 Å². The Morgan fingerprint density at radius 2 is 1.82 bits per heavy atom. The van der Waals surface area contributed by atoms with Gasteiger partial charge >= 0.3 is 0 Å². The van der Waals surface area contributed by atoms with Crippen LogP contribution in [0, 0.1) is 17.0 Å². The van der Waals surface area contributed by atoms with E-state index in [2.05, 4.69) is 31.4 Å². The summed E-state index contributed by atoms with van der Waals surface area (Å²) in [5.41, 5.74) is 2.91. The third-order valence-corrected chi connectivity index (χ3v) is 6.24. The maximum absolute atomic E-state index is 12.6. The van der Waals surface area contributed by atoms with E-state index in [0.717, 1.165) is 15.7 Å². The molecule has 1 heterocycles. The third-order valence-electron chi connectivity index (χ3n) is 4.78. The van der Waals surface area contributed by atoms with E-state index in [1.54, 1.807) is 6.92 Å². The molecule has 33 heavy (non-hydrogen) atoms. The average Bonchev–Trinajstić information content (AvgIpc) is 3.24. The van der Waals surface area contributed by atoms with Gasteiger partial charge in [0.15, 0.2) is 11.0 Å². The first kappa shape index (κ1) is 22.7. The average molecular weight is 524 g/mol. The number of aryl methyl sites for hydroxylation is 1. The minimum atomic E-state index is -0.464. The van der Waals surface area contributed by atoms with E-state index in [9.17, 15) is 14.9 Å². The Labute approximate surface area is 202 Å². The lowest BCUT2D eigenvalue weighted by Crippen LogP contribution is -2.15. The Bertz CT molecular complexity index is 1310. The van der Waals surface area contributed by atoms with Crippen molar-refractivity contribution in [2.45, 2.75) is 12.1 Å². The zero-order valence-electron chi connectivity index (χ0n) is 17.4. The highest BCUT2D eigenvalue weighted by Crippen LogP contribution is 2.29. The Balaban J connectivity index is 1.55. The molecule has 0 unspecified atom stereocenters. The van der Waals surface area contributed by atoms with Crippen molar-refractivity contribution < 1.29 is 9.72 Å². The molecule has 0 saturated heterocycles. The van der Waals surface area contributed by atoms with Gasteiger partial charge in [0.2, 0.25) is 5.91 Å². The van der Waals surface area contributed by atoms with E-state index in [1.165, 1.54) is 30.0 Å². The molecule has 1 amide bonds. The fraction of sp³-hybridized carbons (Fsp3) is 0.0870. The van der Waals surface area contributed by atoms with Crippen molar-refractivity contribution >= 4 is 45.0 Å². The van der Waals surface area contributed by atoms with Crippen LogP contribution in [0.15, 0.2) is 82.4 Å². The van der Waals surface area contributed by atoms with Crippen molar-refractivity contribution in [2.75, 3.05) is 11.1 Å². The molecular weight excluding hydrogens is 506 g/mol. The molecule has 166 valence electrons. The lowest BCUT2D eigenvalue weighted by Gasteiger charge is -2.11. The monoisotopic (exact) mass is 523 g/mol. The van der Waals surface area contributed by atoms with Crippen LogP contribution in [0.5, 0.6) is 0 Å². The highest BCUT2D eigenvalue weighted by atomic mass is 79.9. The molecule has 8 nitrogen and oxygen atoms in total. The predicted molar refractivity (Wildman–Crippen MR) is 132 cm³/mol. The highest BCUT2D eigenvalue weighted by Gasteiger charge is 2.18. The summed E-state index contributed by atoms with van der Waals surface area (Å²) in [5, 5.41) is 23.0. The van der Waals surface area contributed by atoms with Crippen molar-refractivity contribution in [3.05, 3.63) is 92.9 Å². The van der Waals surface area contributed by atoms with Crippen LogP contribution in [0.4, 0.5) is 11.4 Å². The molecule has 0 fully saturated rings. The van der Waals surface area contributed by atoms with Gasteiger partial charge < -0.3 is 5.32 Å². The summed E-state index contributed by atoms with van der Waals surface area (Å²) in [7, 11) is 0. The van der Waals surface area contributed by atoms with E-state index < -0.39 is 4.92 Å². The molecule has 4 rings (SSSR count). The van der Waals surface area contributed by atoms with Gasteiger partial charge in [-0.05, 0) is 42.8 Å². The topological polar surface area (TPSA) is 103 Å². The maximum atomic E-state index is 12.6.